The van der Waals surface area contributed by atoms with Crippen molar-refractivity contribution in [2.45, 2.75) is 70.8 Å². The number of nitrogens with one attached hydrogen (secondary N) is 1. The number of hydrogen-bond acceptors (Lipinski definition) is 13. The van der Waals surface area contributed by atoms with E-state index in [9.17, 15) is 28.8 Å². The van der Waals surface area contributed by atoms with Crippen molar-refractivity contribution < 1.29 is 57.2 Å². The van der Waals surface area contributed by atoms with Crippen molar-refractivity contribution in [3.63, 3.8) is 0 Å². The Morgan fingerprint density at radius 2 is 1.36 bits per heavy atom. The van der Waals surface area contributed by atoms with Gasteiger partial charge in [-0.3, -0.25) is 28.8 Å². The van der Waals surface area contributed by atoms with Crippen LogP contribution in [0.1, 0.15) is 34.1 Å². The maximum atomic E-state index is 12.4. The molecule has 0 unspecified atom stereocenters. The largest absolute Gasteiger partial charge is 0.468 e. The number of nitrogens with two attached hydrogens (primary N) is 1. The average molecular weight is 476 g/mol. The molecule has 3 N–H and O–H groups in total. The van der Waals surface area contributed by atoms with E-state index in [4.69, 9.17) is 29.4 Å². The van der Waals surface area contributed by atoms with E-state index in [1.54, 1.807) is 0 Å². The SMILES string of the molecule is COC(=O)[C@@H](N)CC(=O)N[C@H]1O[C@H](COC(C)=O)[C@@H](OC(C)=O)[C@H](OC(C)=O)[C@H]1OC(C)=O. The maximum Gasteiger partial charge on any atom is 0.323 e. The highest BCUT2D eigenvalue weighted by molar-refractivity contribution is 5.85. The van der Waals surface area contributed by atoms with Gasteiger partial charge in [-0.1, -0.05) is 0 Å². The fourth-order valence-electron chi connectivity index (χ4n) is 3.00. The van der Waals surface area contributed by atoms with Gasteiger partial charge in [-0.15, -0.1) is 0 Å². The second-order valence-corrected chi connectivity index (χ2v) is 7.02. The minimum atomic E-state index is -1.47. The van der Waals surface area contributed by atoms with E-state index < -0.39 is 85.5 Å². The number of rotatable bonds is 9. The quantitative estimate of drug-likeness (QED) is 0.276. The topological polar surface area (TPSA) is 196 Å². The van der Waals surface area contributed by atoms with Crippen LogP contribution in [-0.2, 0) is 57.2 Å². The van der Waals surface area contributed by atoms with Gasteiger partial charge in [-0.25, -0.2) is 0 Å². The van der Waals surface area contributed by atoms with Crippen LogP contribution in [0.4, 0.5) is 0 Å². The summed E-state index contributed by atoms with van der Waals surface area (Å²) in [7, 11) is 1.10. The molecule has 33 heavy (non-hydrogen) atoms. The molecule has 1 fully saturated rings. The van der Waals surface area contributed by atoms with E-state index in [-0.39, 0.29) is 0 Å². The van der Waals surface area contributed by atoms with E-state index >= 15 is 0 Å². The van der Waals surface area contributed by atoms with Gasteiger partial charge in [0.1, 0.15) is 18.8 Å². The minimum absolute atomic E-state index is 0.452. The summed E-state index contributed by atoms with van der Waals surface area (Å²) in [5.74, 6) is -4.76. The highest BCUT2D eigenvalue weighted by Gasteiger charge is 2.52. The standard InChI is InChI=1S/C19H28N2O12/c1-8(22)29-7-13-15(30-9(2)23)16(31-10(3)24)17(32-11(4)25)18(33-13)21-14(26)6-12(20)19(27)28-5/h12-13,15-18H,6-7,20H2,1-5H3,(H,21,26)/t12-,13+,15+,16-,17+,18-/m0/s1. The van der Waals surface area contributed by atoms with Crippen LogP contribution in [0, 0.1) is 0 Å². The summed E-state index contributed by atoms with van der Waals surface area (Å²) >= 11 is 0. The van der Waals surface area contributed by atoms with Crippen molar-refractivity contribution in [2.24, 2.45) is 5.73 Å². The Bertz CT molecular complexity index is 770. The first-order chi connectivity index (χ1) is 15.3. The maximum absolute atomic E-state index is 12.4. The number of amides is 1. The van der Waals surface area contributed by atoms with E-state index in [1.165, 1.54) is 0 Å². The lowest BCUT2D eigenvalue weighted by molar-refractivity contribution is -0.257. The smallest absolute Gasteiger partial charge is 0.323 e. The molecule has 186 valence electrons. The molecule has 6 atom stereocenters. The van der Waals surface area contributed by atoms with Crippen LogP contribution in [0.25, 0.3) is 0 Å². The van der Waals surface area contributed by atoms with E-state index in [0.717, 1.165) is 34.8 Å². The molecule has 1 amide bonds. The van der Waals surface area contributed by atoms with Crippen LogP contribution in [0.3, 0.4) is 0 Å². The summed E-state index contributed by atoms with van der Waals surface area (Å²) in [5.41, 5.74) is 5.58. The molecule has 1 aliphatic rings. The second kappa shape index (κ2) is 12.7. The van der Waals surface area contributed by atoms with Crippen LogP contribution in [0.5, 0.6) is 0 Å². The number of esters is 5. The second-order valence-electron chi connectivity index (χ2n) is 7.02. The van der Waals surface area contributed by atoms with Crippen molar-refractivity contribution >= 4 is 35.8 Å². The predicted molar refractivity (Wildman–Crippen MR) is 105 cm³/mol. The number of carbonyl (C=O) groups is 6. The molecular weight excluding hydrogens is 448 g/mol. The first kappa shape index (κ1) is 27.8. The molecule has 0 radical (unpaired) electrons. The molecule has 1 rings (SSSR count). The Labute approximate surface area is 189 Å². The summed E-state index contributed by atoms with van der Waals surface area (Å²) in [6, 6.07) is -1.29. The Kier molecular flexibility index (Phi) is 10.7. The van der Waals surface area contributed by atoms with Crippen molar-refractivity contribution in [1.29, 1.82) is 0 Å². The minimum Gasteiger partial charge on any atom is -0.468 e. The van der Waals surface area contributed by atoms with Gasteiger partial charge < -0.3 is 39.5 Å². The molecule has 1 aliphatic heterocycles. The lowest BCUT2D eigenvalue weighted by Gasteiger charge is -2.44. The van der Waals surface area contributed by atoms with Crippen LogP contribution < -0.4 is 11.1 Å². The van der Waals surface area contributed by atoms with Gasteiger partial charge in [0.25, 0.3) is 0 Å². The van der Waals surface area contributed by atoms with Crippen LogP contribution in [0.15, 0.2) is 0 Å². The molecule has 1 heterocycles. The van der Waals surface area contributed by atoms with Gasteiger partial charge in [0.2, 0.25) is 5.91 Å². The predicted octanol–water partition coefficient (Wildman–Crippen LogP) is -1.92. The fraction of sp³-hybridized carbons (Fsp3) is 0.684. The Morgan fingerprint density at radius 1 is 0.848 bits per heavy atom. The van der Waals surface area contributed by atoms with E-state index in [0.29, 0.717) is 0 Å². The third-order valence-corrected chi connectivity index (χ3v) is 4.20. The third-order valence-electron chi connectivity index (χ3n) is 4.20. The van der Waals surface area contributed by atoms with Crippen LogP contribution in [0.2, 0.25) is 0 Å². The highest BCUT2D eigenvalue weighted by Crippen LogP contribution is 2.28. The van der Waals surface area contributed by atoms with Gasteiger partial charge in [0.15, 0.2) is 24.5 Å². The molecule has 0 spiro atoms. The molecule has 14 heteroatoms. The molecule has 0 bridgehead atoms. The molecule has 0 aromatic rings. The zero-order valence-corrected chi connectivity index (χ0v) is 18.9. The van der Waals surface area contributed by atoms with Crippen molar-refractivity contribution in [3.05, 3.63) is 0 Å². The lowest BCUT2D eigenvalue weighted by atomic mass is 9.97. The monoisotopic (exact) mass is 476 g/mol. The Balaban J connectivity index is 3.28. The molecular formula is C19H28N2O12. The third kappa shape index (κ3) is 9.02. The number of carbonyl (C=O) groups excluding carboxylic acids is 6. The summed E-state index contributed by atoms with van der Waals surface area (Å²) < 4.78 is 30.7. The zero-order valence-electron chi connectivity index (χ0n) is 18.9. The van der Waals surface area contributed by atoms with Gasteiger partial charge in [-0.05, 0) is 0 Å². The van der Waals surface area contributed by atoms with Gasteiger partial charge in [0.05, 0.1) is 13.5 Å². The summed E-state index contributed by atoms with van der Waals surface area (Å²) in [6.45, 7) is 3.88. The number of methoxy groups -OCH3 is 1. The molecule has 0 saturated carbocycles. The molecule has 14 nitrogen and oxygen atoms in total. The van der Waals surface area contributed by atoms with Crippen molar-refractivity contribution in [2.75, 3.05) is 13.7 Å². The first-order valence-electron chi connectivity index (χ1n) is 9.78. The molecule has 0 aromatic carbocycles. The lowest BCUT2D eigenvalue weighted by Crippen LogP contribution is -2.66. The summed E-state index contributed by atoms with van der Waals surface area (Å²) in [4.78, 5) is 70.3. The fourth-order valence-corrected chi connectivity index (χ4v) is 3.00. The molecule has 0 aliphatic carbocycles. The van der Waals surface area contributed by atoms with Crippen molar-refractivity contribution in [1.82, 2.24) is 5.32 Å². The van der Waals surface area contributed by atoms with Crippen molar-refractivity contribution in [3.8, 4) is 0 Å². The van der Waals surface area contributed by atoms with E-state index in [1.807, 2.05) is 0 Å². The molecule has 0 aromatic heterocycles. The molecule has 1 saturated heterocycles. The Morgan fingerprint density at radius 3 is 1.85 bits per heavy atom. The highest BCUT2D eigenvalue weighted by atomic mass is 16.7. The first-order valence-corrected chi connectivity index (χ1v) is 9.78. The summed E-state index contributed by atoms with van der Waals surface area (Å²) in [5, 5.41) is 2.38. The van der Waals surface area contributed by atoms with Crippen LogP contribution in [-0.4, -0.2) is 86.2 Å². The van der Waals surface area contributed by atoms with Gasteiger partial charge in [-0.2, -0.15) is 0 Å². The van der Waals surface area contributed by atoms with Gasteiger partial charge in [0, 0.05) is 27.7 Å². The summed E-state index contributed by atoms with van der Waals surface area (Å²) in [6.07, 6.45) is -7.47. The number of ether oxygens (including phenoxy) is 6. The average Bonchev–Trinajstić information content (AvgIpc) is 2.69. The zero-order chi connectivity index (χ0) is 25.3. The Hall–Kier alpha value is -3.26. The normalized spacial score (nSPS) is 25.1. The van der Waals surface area contributed by atoms with Gasteiger partial charge >= 0.3 is 29.8 Å². The van der Waals surface area contributed by atoms with E-state index in [2.05, 4.69) is 10.1 Å². The van der Waals surface area contributed by atoms with Crippen LogP contribution >= 0.6 is 0 Å². The number of hydrogen-bond donors (Lipinski definition) is 2.